The Bertz CT molecular complexity index is 474. The molecule has 1 aliphatic rings. The summed E-state index contributed by atoms with van der Waals surface area (Å²) in [5, 5.41) is 12.1. The lowest BCUT2D eigenvalue weighted by Crippen LogP contribution is -2.24. The molecule has 0 radical (unpaired) electrons. The molecule has 19 heavy (non-hydrogen) atoms. The van der Waals surface area contributed by atoms with Gasteiger partial charge in [-0.2, -0.15) is 0 Å². The maximum atomic E-state index is 10.9. The molecule has 0 amide bonds. The lowest BCUT2D eigenvalue weighted by molar-refractivity contribution is -0.144. The highest BCUT2D eigenvalue weighted by atomic mass is 16.7. The third-order valence-electron chi connectivity index (χ3n) is 2.77. The minimum atomic E-state index is -1.01. The SMILES string of the molecule is CCNCc1cc2c(cc1OC(C)C(=O)O)OCO2. The molecule has 0 aliphatic carbocycles. The van der Waals surface area contributed by atoms with E-state index in [-0.39, 0.29) is 6.79 Å². The van der Waals surface area contributed by atoms with Crippen molar-refractivity contribution in [1.29, 1.82) is 0 Å². The van der Waals surface area contributed by atoms with E-state index in [9.17, 15) is 4.79 Å². The van der Waals surface area contributed by atoms with E-state index in [0.29, 0.717) is 23.8 Å². The third-order valence-corrected chi connectivity index (χ3v) is 2.77. The second kappa shape index (κ2) is 5.79. The molecule has 1 aromatic carbocycles. The number of rotatable bonds is 6. The second-order valence-corrected chi connectivity index (χ2v) is 4.19. The van der Waals surface area contributed by atoms with Crippen molar-refractivity contribution in [1.82, 2.24) is 5.32 Å². The molecule has 0 aromatic heterocycles. The van der Waals surface area contributed by atoms with Gasteiger partial charge in [0.25, 0.3) is 0 Å². The summed E-state index contributed by atoms with van der Waals surface area (Å²) in [6.07, 6.45) is -0.916. The highest BCUT2D eigenvalue weighted by Crippen LogP contribution is 2.38. The molecular weight excluding hydrogens is 250 g/mol. The average molecular weight is 267 g/mol. The topological polar surface area (TPSA) is 77.0 Å². The van der Waals surface area contributed by atoms with Gasteiger partial charge in [-0.1, -0.05) is 6.92 Å². The summed E-state index contributed by atoms with van der Waals surface area (Å²) in [6.45, 7) is 5.04. The first kappa shape index (κ1) is 13.5. The van der Waals surface area contributed by atoms with Crippen LogP contribution in [0.3, 0.4) is 0 Å². The van der Waals surface area contributed by atoms with Crippen LogP contribution in [-0.2, 0) is 11.3 Å². The summed E-state index contributed by atoms with van der Waals surface area (Å²) in [5.41, 5.74) is 0.846. The van der Waals surface area contributed by atoms with Crippen molar-refractivity contribution < 1.29 is 24.1 Å². The van der Waals surface area contributed by atoms with E-state index < -0.39 is 12.1 Å². The Morgan fingerprint density at radius 2 is 2.16 bits per heavy atom. The van der Waals surface area contributed by atoms with Gasteiger partial charge in [-0.05, 0) is 19.5 Å². The maximum Gasteiger partial charge on any atom is 0.344 e. The first-order chi connectivity index (χ1) is 9.11. The summed E-state index contributed by atoms with van der Waals surface area (Å²) < 4.78 is 16.0. The molecule has 1 aromatic rings. The molecule has 1 heterocycles. The highest BCUT2D eigenvalue weighted by Gasteiger charge is 2.21. The quantitative estimate of drug-likeness (QED) is 0.810. The summed E-state index contributed by atoms with van der Waals surface area (Å²) in [7, 11) is 0. The molecule has 6 nitrogen and oxygen atoms in total. The number of carbonyl (C=O) groups is 1. The van der Waals surface area contributed by atoms with Crippen molar-refractivity contribution in [3.63, 3.8) is 0 Å². The highest BCUT2D eigenvalue weighted by molar-refractivity contribution is 5.72. The normalized spacial score (nSPS) is 14.2. The van der Waals surface area contributed by atoms with E-state index in [2.05, 4.69) is 5.32 Å². The van der Waals surface area contributed by atoms with Crippen LogP contribution in [0.25, 0.3) is 0 Å². The van der Waals surface area contributed by atoms with Crippen LogP contribution in [0.2, 0.25) is 0 Å². The molecule has 0 spiro atoms. The van der Waals surface area contributed by atoms with Gasteiger partial charge in [0.1, 0.15) is 5.75 Å². The van der Waals surface area contributed by atoms with Gasteiger partial charge in [-0.15, -0.1) is 0 Å². The van der Waals surface area contributed by atoms with Crippen LogP contribution in [0.5, 0.6) is 17.2 Å². The first-order valence-electron chi connectivity index (χ1n) is 6.14. The Balaban J connectivity index is 2.25. The molecule has 0 saturated carbocycles. The molecule has 0 saturated heterocycles. The molecule has 1 aliphatic heterocycles. The number of fused-ring (bicyclic) bond motifs is 1. The third kappa shape index (κ3) is 3.08. The predicted molar refractivity (Wildman–Crippen MR) is 67.7 cm³/mol. The number of carboxylic acids is 1. The molecule has 104 valence electrons. The molecule has 6 heteroatoms. The number of hydrogen-bond acceptors (Lipinski definition) is 5. The Kier molecular flexibility index (Phi) is 4.11. The van der Waals surface area contributed by atoms with E-state index in [1.807, 2.05) is 13.0 Å². The number of aliphatic carboxylic acids is 1. The van der Waals surface area contributed by atoms with Gasteiger partial charge in [0.15, 0.2) is 17.6 Å². The van der Waals surface area contributed by atoms with Crippen LogP contribution < -0.4 is 19.5 Å². The summed E-state index contributed by atoms with van der Waals surface area (Å²) in [4.78, 5) is 10.9. The van der Waals surface area contributed by atoms with E-state index in [1.165, 1.54) is 6.92 Å². The fourth-order valence-corrected chi connectivity index (χ4v) is 1.71. The van der Waals surface area contributed by atoms with Crippen LogP contribution in [-0.4, -0.2) is 30.5 Å². The Morgan fingerprint density at radius 3 is 2.79 bits per heavy atom. The molecular formula is C13H17NO5. The van der Waals surface area contributed by atoms with Gasteiger partial charge >= 0.3 is 5.97 Å². The summed E-state index contributed by atoms with van der Waals surface area (Å²) >= 11 is 0. The van der Waals surface area contributed by atoms with Crippen molar-refractivity contribution in [2.24, 2.45) is 0 Å². The zero-order valence-corrected chi connectivity index (χ0v) is 10.9. The van der Waals surface area contributed by atoms with E-state index in [1.54, 1.807) is 6.07 Å². The van der Waals surface area contributed by atoms with E-state index in [0.717, 1.165) is 12.1 Å². The van der Waals surface area contributed by atoms with E-state index in [4.69, 9.17) is 19.3 Å². The largest absolute Gasteiger partial charge is 0.479 e. The van der Waals surface area contributed by atoms with Gasteiger partial charge in [0.2, 0.25) is 6.79 Å². The van der Waals surface area contributed by atoms with Gasteiger partial charge in [0.05, 0.1) is 0 Å². The molecule has 0 bridgehead atoms. The van der Waals surface area contributed by atoms with Gasteiger partial charge in [-0.25, -0.2) is 4.79 Å². The number of nitrogens with one attached hydrogen (secondary N) is 1. The first-order valence-corrected chi connectivity index (χ1v) is 6.14. The molecule has 2 rings (SSSR count). The van der Waals surface area contributed by atoms with Crippen molar-refractivity contribution >= 4 is 5.97 Å². The van der Waals surface area contributed by atoms with Crippen molar-refractivity contribution in [3.8, 4) is 17.2 Å². The monoisotopic (exact) mass is 267 g/mol. The molecule has 0 fully saturated rings. The van der Waals surface area contributed by atoms with Crippen LogP contribution in [0.15, 0.2) is 12.1 Å². The second-order valence-electron chi connectivity index (χ2n) is 4.19. The van der Waals surface area contributed by atoms with Gasteiger partial charge < -0.3 is 24.6 Å². The standard InChI is InChI=1S/C13H17NO5/c1-3-14-6-9-4-11-12(18-7-17-11)5-10(9)19-8(2)13(15)16/h4-5,8,14H,3,6-7H2,1-2H3,(H,15,16). The van der Waals surface area contributed by atoms with Crippen LogP contribution in [0, 0.1) is 0 Å². The van der Waals surface area contributed by atoms with E-state index >= 15 is 0 Å². The molecule has 2 N–H and O–H groups in total. The van der Waals surface area contributed by atoms with Crippen LogP contribution in [0.4, 0.5) is 0 Å². The predicted octanol–water partition coefficient (Wildman–Crippen LogP) is 1.38. The fourth-order valence-electron chi connectivity index (χ4n) is 1.71. The van der Waals surface area contributed by atoms with Crippen molar-refractivity contribution in [2.75, 3.05) is 13.3 Å². The van der Waals surface area contributed by atoms with Crippen LogP contribution >= 0.6 is 0 Å². The van der Waals surface area contributed by atoms with Gasteiger partial charge in [-0.3, -0.25) is 0 Å². The summed E-state index contributed by atoms with van der Waals surface area (Å²) in [5.74, 6) is 0.725. The number of carboxylic acid groups (broad SMARTS) is 1. The number of benzene rings is 1. The van der Waals surface area contributed by atoms with Crippen LogP contribution in [0.1, 0.15) is 19.4 Å². The number of ether oxygens (including phenoxy) is 3. The fraction of sp³-hybridized carbons (Fsp3) is 0.462. The minimum absolute atomic E-state index is 0.175. The lowest BCUT2D eigenvalue weighted by atomic mass is 10.1. The number of hydrogen-bond donors (Lipinski definition) is 2. The Hall–Kier alpha value is -1.95. The Labute approximate surface area is 111 Å². The van der Waals surface area contributed by atoms with Gasteiger partial charge in [0, 0.05) is 18.2 Å². The van der Waals surface area contributed by atoms with Crippen molar-refractivity contribution in [2.45, 2.75) is 26.5 Å². The minimum Gasteiger partial charge on any atom is -0.479 e. The lowest BCUT2D eigenvalue weighted by Gasteiger charge is -2.15. The summed E-state index contributed by atoms with van der Waals surface area (Å²) in [6, 6.07) is 3.49. The smallest absolute Gasteiger partial charge is 0.344 e. The van der Waals surface area contributed by atoms with Crippen molar-refractivity contribution in [3.05, 3.63) is 17.7 Å². The molecule has 1 atom stereocenters. The average Bonchev–Trinajstić information content (AvgIpc) is 2.82. The Morgan fingerprint density at radius 1 is 1.47 bits per heavy atom. The zero-order chi connectivity index (χ0) is 13.8. The molecule has 1 unspecified atom stereocenters. The zero-order valence-electron chi connectivity index (χ0n) is 10.9. The maximum absolute atomic E-state index is 10.9.